The number of amides is 1. The molecule has 0 aromatic rings. The molecule has 4 nitrogen and oxygen atoms in total. The van der Waals surface area contributed by atoms with Gasteiger partial charge in [0, 0.05) is 0 Å². The smallest absolute Gasteiger partial charge is 0.406 e. The van der Waals surface area contributed by atoms with Crippen molar-refractivity contribution < 1.29 is 14.6 Å². The zero-order valence-corrected chi connectivity index (χ0v) is 3.55. The van der Waals surface area contributed by atoms with Crippen molar-refractivity contribution >= 4 is 6.09 Å². The minimum absolute atomic E-state index is 0.225. The molecule has 4 heteroatoms. The van der Waals surface area contributed by atoms with Crippen LogP contribution in [0.5, 0.6) is 0 Å². The number of rotatable bonds is 1. The fourth-order valence-corrected chi connectivity index (χ4v) is 0.269. The molecule has 40 valence electrons. The van der Waals surface area contributed by atoms with Gasteiger partial charge in [0.25, 0.3) is 0 Å². The minimum atomic E-state index is -1.03. The summed E-state index contributed by atoms with van der Waals surface area (Å²) in [6.07, 6.45) is -1.25. The molecule has 2 N–H and O–H groups in total. The van der Waals surface area contributed by atoms with E-state index >= 15 is 0 Å². The summed E-state index contributed by atoms with van der Waals surface area (Å²) in [5.74, 6) is 0. The quantitative estimate of drug-likeness (QED) is 0.444. The molecule has 1 heterocycles. The summed E-state index contributed by atoms with van der Waals surface area (Å²) in [7, 11) is 0. The van der Waals surface area contributed by atoms with E-state index in [1.807, 2.05) is 0 Å². The van der Waals surface area contributed by atoms with Gasteiger partial charge in [-0.3, -0.25) is 5.32 Å². The lowest BCUT2D eigenvalue weighted by Gasteiger charge is -1.87. The molecule has 1 fully saturated rings. The maximum atomic E-state index is 9.66. The lowest BCUT2D eigenvalue weighted by Crippen LogP contribution is -2.23. The van der Waals surface area contributed by atoms with Gasteiger partial charge in [-0.1, -0.05) is 0 Å². The number of carbonyl (C=O) groups is 1. The summed E-state index contributed by atoms with van der Waals surface area (Å²) >= 11 is 0. The highest BCUT2D eigenvalue weighted by atomic mass is 16.6. The SMILES string of the molecule is O=C(O)NC1CO1. The molecule has 0 aromatic carbocycles. The third kappa shape index (κ3) is 1.41. The molecule has 0 bridgehead atoms. The van der Waals surface area contributed by atoms with Gasteiger partial charge in [-0.2, -0.15) is 0 Å². The van der Waals surface area contributed by atoms with E-state index in [1.165, 1.54) is 0 Å². The number of hydrogen-bond donors (Lipinski definition) is 2. The Hall–Kier alpha value is -0.770. The van der Waals surface area contributed by atoms with Crippen LogP contribution in [-0.4, -0.2) is 24.0 Å². The third-order valence-corrected chi connectivity index (χ3v) is 0.618. The summed E-state index contributed by atoms with van der Waals surface area (Å²) in [5, 5.41) is 10.0. The number of nitrogens with one attached hydrogen (secondary N) is 1. The Balaban J connectivity index is 2.08. The molecule has 1 amide bonds. The molecule has 1 rings (SSSR count). The van der Waals surface area contributed by atoms with Gasteiger partial charge in [0.1, 0.15) is 0 Å². The first-order chi connectivity index (χ1) is 3.29. The Morgan fingerprint density at radius 2 is 2.57 bits per heavy atom. The lowest BCUT2D eigenvalue weighted by molar-refractivity contribution is 0.188. The Morgan fingerprint density at radius 1 is 2.00 bits per heavy atom. The summed E-state index contributed by atoms with van der Waals surface area (Å²) in [4.78, 5) is 9.66. The lowest BCUT2D eigenvalue weighted by atomic mass is 10.8. The van der Waals surface area contributed by atoms with Crippen molar-refractivity contribution in [3.63, 3.8) is 0 Å². The standard InChI is InChI=1S/C3H5NO3/c5-3(6)4-2-1-7-2/h2,4H,1H2,(H,5,6). The molecule has 1 atom stereocenters. The highest BCUT2D eigenvalue weighted by Crippen LogP contribution is 2.02. The first kappa shape index (κ1) is 4.39. The van der Waals surface area contributed by atoms with Crippen LogP contribution in [0.2, 0.25) is 0 Å². The Bertz CT molecular complexity index is 88.2. The Morgan fingerprint density at radius 3 is 2.71 bits per heavy atom. The fraction of sp³-hybridized carbons (Fsp3) is 0.667. The summed E-state index contributed by atoms with van der Waals surface area (Å²) in [6, 6.07) is 0. The van der Waals surface area contributed by atoms with E-state index < -0.39 is 6.09 Å². The second kappa shape index (κ2) is 1.38. The molecule has 7 heavy (non-hydrogen) atoms. The van der Waals surface area contributed by atoms with Gasteiger partial charge in [-0.05, 0) is 0 Å². The molecule has 0 radical (unpaired) electrons. The number of ether oxygens (including phenoxy) is 1. The predicted molar refractivity (Wildman–Crippen MR) is 20.9 cm³/mol. The molecular formula is C3H5NO3. The van der Waals surface area contributed by atoms with Crippen molar-refractivity contribution in [3.8, 4) is 0 Å². The molecule has 1 saturated heterocycles. The predicted octanol–water partition coefficient (Wildman–Crippen LogP) is -0.390. The second-order valence-corrected chi connectivity index (χ2v) is 1.27. The molecule has 0 aromatic heterocycles. The van der Waals surface area contributed by atoms with Crippen molar-refractivity contribution in [2.45, 2.75) is 6.23 Å². The zero-order valence-electron chi connectivity index (χ0n) is 3.55. The van der Waals surface area contributed by atoms with Crippen LogP contribution >= 0.6 is 0 Å². The van der Waals surface area contributed by atoms with Crippen LogP contribution in [0.1, 0.15) is 0 Å². The summed E-state index contributed by atoms with van der Waals surface area (Å²) in [5.41, 5.74) is 0. The van der Waals surface area contributed by atoms with Crippen molar-refractivity contribution in [1.82, 2.24) is 5.32 Å². The van der Waals surface area contributed by atoms with E-state index in [2.05, 4.69) is 10.1 Å². The summed E-state index contributed by atoms with van der Waals surface area (Å²) in [6.45, 7) is 0.520. The van der Waals surface area contributed by atoms with E-state index in [0.717, 1.165) is 0 Å². The average Bonchev–Trinajstić information content (AvgIpc) is 2.17. The summed E-state index contributed by atoms with van der Waals surface area (Å²) < 4.78 is 4.53. The molecular weight excluding hydrogens is 98.0 g/mol. The zero-order chi connectivity index (χ0) is 5.28. The van der Waals surface area contributed by atoms with Crippen molar-refractivity contribution in [3.05, 3.63) is 0 Å². The van der Waals surface area contributed by atoms with E-state index in [4.69, 9.17) is 5.11 Å². The molecule has 1 aliphatic heterocycles. The monoisotopic (exact) mass is 103 g/mol. The number of hydrogen-bond acceptors (Lipinski definition) is 2. The van der Waals surface area contributed by atoms with Crippen molar-refractivity contribution in [2.75, 3.05) is 6.61 Å². The molecule has 0 saturated carbocycles. The van der Waals surface area contributed by atoms with Gasteiger partial charge in [0.2, 0.25) is 0 Å². The first-order valence-electron chi connectivity index (χ1n) is 1.90. The van der Waals surface area contributed by atoms with Gasteiger partial charge in [-0.25, -0.2) is 4.79 Å². The molecule has 0 aliphatic carbocycles. The van der Waals surface area contributed by atoms with E-state index in [-0.39, 0.29) is 6.23 Å². The second-order valence-electron chi connectivity index (χ2n) is 1.27. The van der Waals surface area contributed by atoms with Crippen LogP contribution in [0, 0.1) is 0 Å². The minimum Gasteiger partial charge on any atom is -0.465 e. The largest absolute Gasteiger partial charge is 0.465 e. The Labute approximate surface area is 40.1 Å². The van der Waals surface area contributed by atoms with Crippen LogP contribution in [0.15, 0.2) is 0 Å². The van der Waals surface area contributed by atoms with E-state index in [1.54, 1.807) is 0 Å². The van der Waals surface area contributed by atoms with Crippen LogP contribution in [0.25, 0.3) is 0 Å². The van der Waals surface area contributed by atoms with Gasteiger partial charge >= 0.3 is 6.09 Å². The number of carboxylic acid groups (broad SMARTS) is 1. The van der Waals surface area contributed by atoms with E-state index in [0.29, 0.717) is 6.61 Å². The first-order valence-corrected chi connectivity index (χ1v) is 1.90. The van der Waals surface area contributed by atoms with Gasteiger partial charge in [0.05, 0.1) is 6.61 Å². The molecule has 0 spiro atoms. The Kier molecular flexibility index (Phi) is 0.867. The van der Waals surface area contributed by atoms with Crippen molar-refractivity contribution in [1.29, 1.82) is 0 Å². The number of epoxide rings is 1. The highest BCUT2D eigenvalue weighted by Gasteiger charge is 2.23. The van der Waals surface area contributed by atoms with Crippen LogP contribution in [-0.2, 0) is 4.74 Å². The normalized spacial score (nSPS) is 26.6. The van der Waals surface area contributed by atoms with Crippen LogP contribution < -0.4 is 5.32 Å². The fourth-order valence-electron chi connectivity index (χ4n) is 0.269. The maximum Gasteiger partial charge on any atom is 0.406 e. The third-order valence-electron chi connectivity index (χ3n) is 0.618. The average molecular weight is 103 g/mol. The van der Waals surface area contributed by atoms with Crippen molar-refractivity contribution in [2.24, 2.45) is 0 Å². The van der Waals surface area contributed by atoms with Crippen LogP contribution in [0.3, 0.4) is 0 Å². The topological polar surface area (TPSA) is 61.9 Å². The van der Waals surface area contributed by atoms with Gasteiger partial charge < -0.3 is 9.84 Å². The molecule has 1 unspecified atom stereocenters. The maximum absolute atomic E-state index is 9.66. The van der Waals surface area contributed by atoms with Gasteiger partial charge in [-0.15, -0.1) is 0 Å². The molecule has 1 aliphatic rings. The van der Waals surface area contributed by atoms with Gasteiger partial charge in [0.15, 0.2) is 6.23 Å². The van der Waals surface area contributed by atoms with E-state index in [9.17, 15) is 4.79 Å². The highest BCUT2D eigenvalue weighted by molar-refractivity contribution is 5.64. The van der Waals surface area contributed by atoms with Crippen LogP contribution in [0.4, 0.5) is 4.79 Å².